The average Bonchev–Trinajstić information content (AvgIpc) is 2.26. The van der Waals surface area contributed by atoms with E-state index in [0.29, 0.717) is 17.7 Å². The van der Waals surface area contributed by atoms with Crippen molar-refractivity contribution in [1.29, 1.82) is 5.26 Å². The fourth-order valence-electron chi connectivity index (χ4n) is 3.00. The van der Waals surface area contributed by atoms with Crippen LogP contribution in [-0.2, 0) is 4.65 Å². The summed E-state index contributed by atoms with van der Waals surface area (Å²) >= 11 is 0. The summed E-state index contributed by atoms with van der Waals surface area (Å²) in [5.41, 5.74) is 0.519. The molecule has 1 atom stereocenters. The van der Waals surface area contributed by atoms with Crippen LogP contribution in [0.15, 0.2) is 12.2 Å². The third kappa shape index (κ3) is 3.84. The molecule has 1 saturated heterocycles. The highest BCUT2D eigenvalue weighted by Crippen LogP contribution is 2.39. The zero-order chi connectivity index (χ0) is 14.8. The van der Waals surface area contributed by atoms with E-state index < -0.39 is 0 Å². The van der Waals surface area contributed by atoms with Gasteiger partial charge in [0, 0.05) is 17.0 Å². The molecule has 1 aliphatic rings. The first kappa shape index (κ1) is 16.3. The third-order valence-corrected chi connectivity index (χ3v) is 3.92. The minimum atomic E-state index is -0.126. The van der Waals surface area contributed by atoms with Gasteiger partial charge in [-0.1, -0.05) is 34.3 Å². The van der Waals surface area contributed by atoms with Crippen LogP contribution in [0.5, 0.6) is 0 Å². The summed E-state index contributed by atoms with van der Waals surface area (Å²) in [5, 5.41) is 9.17. The lowest BCUT2D eigenvalue weighted by Gasteiger charge is -2.46. The summed E-state index contributed by atoms with van der Waals surface area (Å²) in [6, 6.07) is 2.99. The van der Waals surface area contributed by atoms with Crippen molar-refractivity contribution >= 4 is 7.05 Å². The summed E-state index contributed by atoms with van der Waals surface area (Å²) in [6.45, 7) is 16.9. The molecule has 0 N–H and O–H groups in total. The maximum atomic E-state index is 9.17. The Hall–Kier alpha value is -0.785. The molecule has 0 amide bonds. The summed E-state index contributed by atoms with van der Waals surface area (Å²) in [5.74, 6) is 0.114. The summed E-state index contributed by atoms with van der Waals surface area (Å²) in [7, 11) is -0.0455. The average molecular weight is 262 g/mol. The molecule has 19 heavy (non-hydrogen) atoms. The molecule has 1 fully saturated rings. The van der Waals surface area contributed by atoms with Crippen molar-refractivity contribution in [3.05, 3.63) is 12.2 Å². The van der Waals surface area contributed by atoms with Gasteiger partial charge in [0.1, 0.15) is 0 Å². The molecule has 1 heterocycles. The molecule has 4 heteroatoms. The highest BCUT2D eigenvalue weighted by atomic mass is 16.5. The molecular formula is C15H27BN2O. The molecule has 0 radical (unpaired) electrons. The topological polar surface area (TPSA) is 36.3 Å². The molecule has 0 aliphatic carbocycles. The highest BCUT2D eigenvalue weighted by Gasteiger charge is 2.45. The van der Waals surface area contributed by atoms with Crippen molar-refractivity contribution in [3.8, 4) is 6.07 Å². The maximum Gasteiger partial charge on any atom is 0.391 e. The van der Waals surface area contributed by atoms with Gasteiger partial charge in [0.25, 0.3) is 0 Å². The molecule has 1 rings (SSSR count). The van der Waals surface area contributed by atoms with Crippen molar-refractivity contribution < 1.29 is 4.65 Å². The monoisotopic (exact) mass is 262 g/mol. The van der Waals surface area contributed by atoms with Gasteiger partial charge in [-0.3, -0.25) is 0 Å². The molecule has 3 nitrogen and oxygen atoms in total. The van der Waals surface area contributed by atoms with Crippen molar-refractivity contribution in [2.45, 2.75) is 77.9 Å². The Morgan fingerprint density at radius 2 is 1.89 bits per heavy atom. The number of nitriles is 1. The van der Waals surface area contributed by atoms with Gasteiger partial charge >= 0.3 is 7.05 Å². The third-order valence-electron chi connectivity index (χ3n) is 3.92. The van der Waals surface area contributed by atoms with Gasteiger partial charge in [-0.15, -0.1) is 0 Å². The fourth-order valence-corrected chi connectivity index (χ4v) is 3.00. The van der Waals surface area contributed by atoms with Gasteiger partial charge in [0.2, 0.25) is 0 Å². The molecule has 0 bridgehead atoms. The Balaban J connectivity index is 3.06. The second-order valence-electron chi connectivity index (χ2n) is 6.69. The minimum absolute atomic E-state index is 0.0455. The lowest BCUT2D eigenvalue weighted by molar-refractivity contribution is 0.0458. The molecule has 1 aliphatic heterocycles. The van der Waals surface area contributed by atoms with Crippen molar-refractivity contribution in [2.24, 2.45) is 0 Å². The SMILES string of the molecule is C=C(C#N)C1CCC(C)(C)OB1N(C(C)C)C(C)C. The van der Waals surface area contributed by atoms with E-state index in [-0.39, 0.29) is 18.5 Å². The van der Waals surface area contributed by atoms with E-state index in [4.69, 9.17) is 4.65 Å². The first-order chi connectivity index (χ1) is 8.69. The predicted octanol–water partition coefficient (Wildman–Crippen LogP) is 3.63. The van der Waals surface area contributed by atoms with E-state index in [0.717, 1.165) is 12.8 Å². The van der Waals surface area contributed by atoms with Gasteiger partial charge in [0.15, 0.2) is 0 Å². The van der Waals surface area contributed by atoms with Crippen LogP contribution in [0, 0.1) is 11.3 Å². The quantitative estimate of drug-likeness (QED) is 0.573. The zero-order valence-corrected chi connectivity index (χ0v) is 13.2. The summed E-state index contributed by atoms with van der Waals surface area (Å²) in [6.07, 6.45) is 1.94. The smallest absolute Gasteiger partial charge is 0.391 e. The molecule has 1 unspecified atom stereocenters. The van der Waals surface area contributed by atoms with Crippen LogP contribution in [0.2, 0.25) is 5.82 Å². The first-order valence-corrected chi connectivity index (χ1v) is 7.23. The largest absolute Gasteiger partial charge is 0.416 e. The summed E-state index contributed by atoms with van der Waals surface area (Å²) in [4.78, 5) is 2.36. The maximum absolute atomic E-state index is 9.17. The van der Waals surface area contributed by atoms with Crippen LogP contribution < -0.4 is 0 Å². The number of nitrogens with zero attached hydrogens (tertiary/aromatic N) is 2. The van der Waals surface area contributed by atoms with Gasteiger partial charge in [-0.25, -0.2) is 0 Å². The van der Waals surface area contributed by atoms with Crippen LogP contribution in [0.3, 0.4) is 0 Å². The number of hydrogen-bond acceptors (Lipinski definition) is 3. The van der Waals surface area contributed by atoms with Crippen LogP contribution in [0.4, 0.5) is 0 Å². The Kier molecular flexibility index (Phi) is 5.23. The fraction of sp³-hybridized carbons (Fsp3) is 0.800. The van der Waals surface area contributed by atoms with Gasteiger partial charge in [-0.05, 0) is 38.8 Å². The van der Waals surface area contributed by atoms with E-state index in [9.17, 15) is 5.26 Å². The predicted molar refractivity (Wildman–Crippen MR) is 80.8 cm³/mol. The molecule has 106 valence electrons. The van der Waals surface area contributed by atoms with Gasteiger partial charge in [0.05, 0.1) is 6.07 Å². The minimum Gasteiger partial charge on any atom is -0.416 e. The molecule has 0 aromatic carbocycles. The molecule has 0 saturated carbocycles. The normalized spacial score (nSPS) is 22.9. The van der Waals surface area contributed by atoms with Crippen molar-refractivity contribution in [1.82, 2.24) is 4.81 Å². The Morgan fingerprint density at radius 1 is 1.37 bits per heavy atom. The van der Waals surface area contributed by atoms with Crippen LogP contribution in [-0.4, -0.2) is 29.5 Å². The zero-order valence-electron chi connectivity index (χ0n) is 13.2. The van der Waals surface area contributed by atoms with E-state index in [1.165, 1.54) is 0 Å². The summed E-state index contributed by atoms with van der Waals surface area (Å²) < 4.78 is 6.31. The van der Waals surface area contributed by atoms with Crippen molar-refractivity contribution in [2.75, 3.05) is 0 Å². The lowest BCUT2D eigenvalue weighted by Crippen LogP contribution is -2.57. The Labute approximate surface area is 118 Å². The molecule has 0 aromatic heterocycles. The molecule has 0 spiro atoms. The number of rotatable bonds is 4. The lowest BCUT2D eigenvalue weighted by atomic mass is 9.56. The number of allylic oxidation sites excluding steroid dienone is 1. The van der Waals surface area contributed by atoms with E-state index >= 15 is 0 Å². The second kappa shape index (κ2) is 6.11. The molecular weight excluding hydrogens is 235 g/mol. The van der Waals surface area contributed by atoms with Gasteiger partial charge in [-0.2, -0.15) is 5.26 Å². The molecule has 0 aromatic rings. The van der Waals surface area contributed by atoms with E-state index in [1.54, 1.807) is 0 Å². The van der Waals surface area contributed by atoms with Crippen LogP contribution in [0.1, 0.15) is 54.4 Å². The van der Waals surface area contributed by atoms with E-state index in [2.05, 4.69) is 59.0 Å². The standard InChI is InChI=1S/C15H27BN2O/c1-11(2)18(12(3)4)16-14(13(5)10-17)8-9-15(6,7)19-16/h11-12,14H,5,8-9H2,1-4,6-7H3. The van der Waals surface area contributed by atoms with Crippen molar-refractivity contribution in [3.63, 3.8) is 0 Å². The second-order valence-corrected chi connectivity index (χ2v) is 6.69. The Morgan fingerprint density at radius 3 is 2.32 bits per heavy atom. The number of hydrogen-bond donors (Lipinski definition) is 0. The van der Waals surface area contributed by atoms with Crippen LogP contribution in [0.25, 0.3) is 0 Å². The van der Waals surface area contributed by atoms with E-state index in [1.807, 2.05) is 0 Å². The van der Waals surface area contributed by atoms with Gasteiger partial charge < -0.3 is 9.47 Å². The first-order valence-electron chi connectivity index (χ1n) is 7.23. The highest BCUT2D eigenvalue weighted by molar-refractivity contribution is 6.52. The Bertz CT molecular complexity index is 363. The van der Waals surface area contributed by atoms with Crippen LogP contribution >= 0.6 is 0 Å².